The lowest BCUT2D eigenvalue weighted by atomic mass is 10.1. The molecule has 0 aromatic rings. The fourth-order valence-electron chi connectivity index (χ4n) is 0.707. The second kappa shape index (κ2) is 7.17. The van der Waals surface area contributed by atoms with Gasteiger partial charge in [-0.25, -0.2) is 9.78 Å². The average Bonchev–Trinajstić information content (AvgIpc) is 2.22. The van der Waals surface area contributed by atoms with Crippen LogP contribution < -0.4 is 0 Å². The Balaban J connectivity index is 3.70. The summed E-state index contributed by atoms with van der Waals surface area (Å²) < 4.78 is 0. The monoisotopic (exact) mass is 206 g/mol. The molecule has 0 saturated heterocycles. The molecule has 0 heterocycles. The molecule has 0 spiro atoms. The third-order valence-electron chi connectivity index (χ3n) is 2.51. The van der Waals surface area contributed by atoms with Crippen LogP contribution in [0.2, 0.25) is 0 Å². The van der Waals surface area contributed by atoms with Crippen molar-refractivity contribution in [2.24, 2.45) is 11.8 Å². The molecule has 14 heavy (non-hydrogen) atoms. The molecule has 0 fully saturated rings. The van der Waals surface area contributed by atoms with Gasteiger partial charge in [0.1, 0.15) is 0 Å². The molecule has 4 unspecified atom stereocenters. The summed E-state index contributed by atoms with van der Waals surface area (Å²) in [4.78, 5) is 9.37. The minimum Gasteiger partial charge on any atom is -0.365 e. The van der Waals surface area contributed by atoms with Gasteiger partial charge in [0.05, 0.1) is 0 Å². The van der Waals surface area contributed by atoms with Crippen molar-refractivity contribution in [3.8, 4) is 0 Å². The summed E-state index contributed by atoms with van der Waals surface area (Å²) >= 11 is 0. The first-order valence-electron chi connectivity index (χ1n) is 5.21. The van der Waals surface area contributed by atoms with Crippen LogP contribution >= 0.6 is 0 Å². The van der Waals surface area contributed by atoms with Crippen molar-refractivity contribution >= 4 is 0 Å². The average molecular weight is 206 g/mol. The first-order valence-corrected chi connectivity index (χ1v) is 5.21. The smallest absolute Gasteiger partial charge is 0.191 e. The van der Waals surface area contributed by atoms with E-state index in [1.165, 1.54) is 0 Å². The van der Waals surface area contributed by atoms with Crippen LogP contribution in [0.1, 0.15) is 40.5 Å². The van der Waals surface area contributed by atoms with Crippen LogP contribution in [0.15, 0.2) is 0 Å². The molecule has 4 atom stereocenters. The van der Waals surface area contributed by atoms with E-state index in [0.29, 0.717) is 0 Å². The Bertz CT molecular complexity index is 124. The van der Waals surface area contributed by atoms with Crippen LogP contribution in [0.25, 0.3) is 0 Å². The van der Waals surface area contributed by atoms with Crippen molar-refractivity contribution in [3.63, 3.8) is 0 Å². The second-order valence-corrected chi connectivity index (χ2v) is 3.74. The number of aliphatic hydroxyl groups excluding tert-OH is 2. The molecule has 0 aliphatic carbocycles. The largest absolute Gasteiger partial charge is 0.365 e. The predicted molar refractivity (Wildman–Crippen MR) is 53.1 cm³/mol. The Labute approximate surface area is 85.8 Å². The summed E-state index contributed by atoms with van der Waals surface area (Å²) in [6, 6.07) is 0. The summed E-state index contributed by atoms with van der Waals surface area (Å²) in [6.45, 7) is 7.60. The maximum atomic E-state index is 9.36. The normalized spacial score (nSPS) is 20.1. The van der Waals surface area contributed by atoms with E-state index in [1.807, 2.05) is 27.7 Å². The van der Waals surface area contributed by atoms with Crippen LogP contribution in [0.3, 0.4) is 0 Å². The van der Waals surface area contributed by atoms with Crippen molar-refractivity contribution in [2.75, 3.05) is 0 Å². The molecular weight excluding hydrogens is 184 g/mol. The van der Waals surface area contributed by atoms with Gasteiger partial charge in [-0.05, 0) is 12.8 Å². The van der Waals surface area contributed by atoms with Gasteiger partial charge in [-0.2, -0.15) is 0 Å². The fourth-order valence-corrected chi connectivity index (χ4v) is 0.707. The Morgan fingerprint density at radius 1 is 0.857 bits per heavy atom. The van der Waals surface area contributed by atoms with E-state index in [0.717, 1.165) is 12.8 Å². The lowest BCUT2D eigenvalue weighted by Crippen LogP contribution is -2.27. The molecule has 0 aromatic heterocycles. The van der Waals surface area contributed by atoms with Crippen LogP contribution in [0, 0.1) is 11.8 Å². The predicted octanol–water partition coefficient (Wildman–Crippen LogP) is 1.66. The van der Waals surface area contributed by atoms with Crippen molar-refractivity contribution < 1.29 is 20.0 Å². The zero-order valence-corrected chi connectivity index (χ0v) is 9.43. The molecule has 4 heteroatoms. The summed E-state index contributed by atoms with van der Waals surface area (Å²) in [7, 11) is 0. The highest BCUT2D eigenvalue weighted by atomic mass is 17.2. The third-order valence-corrected chi connectivity index (χ3v) is 2.51. The van der Waals surface area contributed by atoms with Crippen LogP contribution in [0.5, 0.6) is 0 Å². The number of hydrogen-bond acceptors (Lipinski definition) is 4. The highest BCUT2D eigenvalue weighted by Gasteiger charge is 2.18. The van der Waals surface area contributed by atoms with Gasteiger partial charge >= 0.3 is 0 Å². The van der Waals surface area contributed by atoms with Crippen molar-refractivity contribution in [3.05, 3.63) is 0 Å². The van der Waals surface area contributed by atoms with Crippen molar-refractivity contribution in [2.45, 2.75) is 53.1 Å². The van der Waals surface area contributed by atoms with Gasteiger partial charge in [-0.1, -0.05) is 27.7 Å². The van der Waals surface area contributed by atoms with Gasteiger partial charge in [0.2, 0.25) is 0 Å². The van der Waals surface area contributed by atoms with E-state index in [4.69, 9.17) is 0 Å². The van der Waals surface area contributed by atoms with Gasteiger partial charge in [0.15, 0.2) is 12.6 Å². The Morgan fingerprint density at radius 3 is 1.36 bits per heavy atom. The van der Waals surface area contributed by atoms with Crippen molar-refractivity contribution in [1.82, 2.24) is 0 Å². The lowest BCUT2D eigenvalue weighted by Gasteiger charge is -2.21. The quantitative estimate of drug-likeness (QED) is 0.378. The zero-order valence-electron chi connectivity index (χ0n) is 9.43. The molecule has 2 N–H and O–H groups in total. The highest BCUT2D eigenvalue weighted by molar-refractivity contribution is 4.52. The minimum absolute atomic E-state index is 0.000803. The third kappa shape index (κ3) is 4.91. The number of aliphatic hydroxyl groups is 2. The van der Waals surface area contributed by atoms with Gasteiger partial charge in [-0.3, -0.25) is 0 Å². The van der Waals surface area contributed by atoms with E-state index in [9.17, 15) is 10.2 Å². The number of hydrogen-bond donors (Lipinski definition) is 2. The van der Waals surface area contributed by atoms with Crippen LogP contribution in [-0.4, -0.2) is 22.8 Å². The van der Waals surface area contributed by atoms with E-state index in [2.05, 4.69) is 9.78 Å². The van der Waals surface area contributed by atoms with Crippen LogP contribution in [0.4, 0.5) is 0 Å². The maximum Gasteiger partial charge on any atom is 0.191 e. The van der Waals surface area contributed by atoms with Gasteiger partial charge in [0.25, 0.3) is 0 Å². The number of rotatable bonds is 7. The van der Waals surface area contributed by atoms with E-state index >= 15 is 0 Å². The lowest BCUT2D eigenvalue weighted by molar-refractivity contribution is -0.437. The molecule has 0 aliphatic rings. The molecule has 0 amide bonds. The molecule has 0 aromatic carbocycles. The molecule has 0 bridgehead atoms. The fraction of sp³-hybridized carbons (Fsp3) is 1.00. The Morgan fingerprint density at radius 2 is 1.14 bits per heavy atom. The SMILES string of the molecule is CCC(C)C(O)OOC(O)C(C)CC. The molecular formula is C10H22O4. The first kappa shape index (κ1) is 13.8. The topological polar surface area (TPSA) is 58.9 Å². The van der Waals surface area contributed by atoms with Gasteiger partial charge < -0.3 is 10.2 Å². The zero-order chi connectivity index (χ0) is 11.1. The van der Waals surface area contributed by atoms with Gasteiger partial charge in [0, 0.05) is 11.8 Å². The second-order valence-electron chi connectivity index (χ2n) is 3.74. The first-order chi connectivity index (χ1) is 6.52. The van der Waals surface area contributed by atoms with E-state index < -0.39 is 12.6 Å². The molecule has 86 valence electrons. The molecule has 0 saturated carbocycles. The summed E-state index contributed by atoms with van der Waals surface area (Å²) in [5.74, 6) is -0.00161. The summed E-state index contributed by atoms with van der Waals surface area (Å²) in [5, 5.41) is 18.7. The molecule has 4 nitrogen and oxygen atoms in total. The Kier molecular flexibility index (Phi) is 7.09. The van der Waals surface area contributed by atoms with Crippen LogP contribution in [-0.2, 0) is 9.78 Å². The summed E-state index contributed by atoms with van der Waals surface area (Å²) in [6.07, 6.45) is -0.356. The van der Waals surface area contributed by atoms with Gasteiger partial charge in [-0.15, -0.1) is 0 Å². The summed E-state index contributed by atoms with van der Waals surface area (Å²) in [5.41, 5.74) is 0. The molecule has 0 radical (unpaired) electrons. The van der Waals surface area contributed by atoms with Crippen molar-refractivity contribution in [1.29, 1.82) is 0 Å². The Hall–Kier alpha value is -0.160. The molecule has 0 rings (SSSR count). The highest BCUT2D eigenvalue weighted by Crippen LogP contribution is 2.13. The van der Waals surface area contributed by atoms with E-state index in [1.54, 1.807) is 0 Å². The van der Waals surface area contributed by atoms with E-state index in [-0.39, 0.29) is 11.8 Å². The minimum atomic E-state index is -0.973. The molecule has 0 aliphatic heterocycles. The standard InChI is InChI=1S/C10H22O4/c1-5-7(3)9(11)13-14-10(12)8(4)6-2/h7-12H,5-6H2,1-4H3. The maximum absolute atomic E-state index is 9.36.